The van der Waals surface area contributed by atoms with Crippen molar-refractivity contribution in [3.8, 4) is 0 Å². The molecule has 0 saturated carbocycles. The molecule has 0 aromatic heterocycles. The quantitative estimate of drug-likeness (QED) is 0.799. The van der Waals surface area contributed by atoms with Gasteiger partial charge in [-0.1, -0.05) is 77.3 Å². The Morgan fingerprint density at radius 2 is 1.37 bits per heavy atom. The number of hydrogen-bond acceptors (Lipinski definition) is 4. The van der Waals surface area contributed by atoms with Crippen LogP contribution in [0.4, 0.5) is 0 Å². The van der Waals surface area contributed by atoms with E-state index < -0.39 is 0 Å². The molecule has 5 nitrogen and oxygen atoms in total. The van der Waals surface area contributed by atoms with E-state index >= 15 is 0 Å². The fraction of sp³-hybridized carbons (Fsp3) is 0.720. The van der Waals surface area contributed by atoms with Gasteiger partial charge in [-0.3, -0.25) is 9.69 Å². The molecule has 2 saturated heterocycles. The minimum absolute atomic E-state index is 0.202. The Hall–Kier alpha value is -1.43. The number of rotatable bonds is 3. The first-order valence-electron chi connectivity index (χ1n) is 11.9. The average Bonchev–Trinajstić information content (AvgIpc) is 2.77. The molecule has 1 N–H and O–H groups in total. The lowest BCUT2D eigenvalue weighted by molar-refractivity contribution is -0.130. The van der Waals surface area contributed by atoms with Crippen LogP contribution in [0.25, 0.3) is 0 Å². The van der Waals surface area contributed by atoms with E-state index in [2.05, 4.69) is 80.2 Å². The molecule has 174 valence electrons. The van der Waals surface area contributed by atoms with Crippen LogP contribution in [0.3, 0.4) is 0 Å². The molecule has 0 radical (unpaired) electrons. The molecular weight excluding hydrogens is 372 g/mol. The standard InChI is InChI=1S/C11H16N2.C7H14N2O.C4H10.C3H8/c1-2-4-11(5-3-1)10-13-8-6-12-7-9-13;1-7(10)9-5-3-8(2)4-6-9;1-3-4-2;1-3-2/h1-5,12H,6-10H2;3-6H2,1-2H3;3-4H2,1-2H3;3H2,1-2H3. The minimum Gasteiger partial charge on any atom is -0.340 e. The van der Waals surface area contributed by atoms with E-state index in [0.29, 0.717) is 0 Å². The summed E-state index contributed by atoms with van der Waals surface area (Å²) in [5.74, 6) is 0.202. The monoisotopic (exact) mass is 420 g/mol. The van der Waals surface area contributed by atoms with Crippen molar-refractivity contribution in [3.05, 3.63) is 35.9 Å². The molecule has 1 aromatic rings. The molecule has 2 heterocycles. The zero-order valence-electron chi connectivity index (χ0n) is 20.6. The van der Waals surface area contributed by atoms with Gasteiger partial charge in [-0.15, -0.1) is 0 Å². The number of unbranched alkanes of at least 4 members (excludes halogenated alkanes) is 1. The summed E-state index contributed by atoms with van der Waals surface area (Å²) in [4.78, 5) is 17.4. The van der Waals surface area contributed by atoms with Crippen molar-refractivity contribution in [2.45, 2.75) is 60.4 Å². The molecule has 1 amide bonds. The lowest BCUT2D eigenvalue weighted by atomic mass is 10.2. The van der Waals surface area contributed by atoms with E-state index in [1.807, 2.05) is 4.90 Å². The predicted octanol–water partition coefficient (Wildman–Crippen LogP) is 4.09. The van der Waals surface area contributed by atoms with Crippen molar-refractivity contribution in [1.82, 2.24) is 20.0 Å². The van der Waals surface area contributed by atoms with Crippen LogP contribution in [0.5, 0.6) is 0 Å². The van der Waals surface area contributed by atoms with Crippen LogP contribution < -0.4 is 5.32 Å². The van der Waals surface area contributed by atoms with Gasteiger partial charge in [-0.25, -0.2) is 0 Å². The van der Waals surface area contributed by atoms with Crippen LogP contribution in [-0.4, -0.2) is 80.0 Å². The highest BCUT2D eigenvalue weighted by Crippen LogP contribution is 2.04. The summed E-state index contributed by atoms with van der Waals surface area (Å²) in [5.41, 5.74) is 1.42. The van der Waals surface area contributed by atoms with Crippen LogP contribution in [0.1, 0.15) is 59.4 Å². The van der Waals surface area contributed by atoms with E-state index in [9.17, 15) is 4.79 Å². The highest BCUT2D eigenvalue weighted by Gasteiger charge is 2.14. The maximum absolute atomic E-state index is 10.8. The molecule has 1 aromatic carbocycles. The number of benzene rings is 1. The Morgan fingerprint density at radius 3 is 1.80 bits per heavy atom. The number of nitrogens with zero attached hydrogens (tertiary/aromatic N) is 3. The van der Waals surface area contributed by atoms with E-state index in [-0.39, 0.29) is 5.91 Å². The number of amides is 1. The molecule has 0 aliphatic carbocycles. The summed E-state index contributed by atoms with van der Waals surface area (Å²) < 4.78 is 0. The second-order valence-electron chi connectivity index (χ2n) is 8.03. The van der Waals surface area contributed by atoms with Crippen molar-refractivity contribution in [3.63, 3.8) is 0 Å². The smallest absolute Gasteiger partial charge is 0.219 e. The first-order chi connectivity index (χ1) is 14.5. The zero-order chi connectivity index (χ0) is 22.6. The molecule has 2 aliphatic rings. The van der Waals surface area contributed by atoms with Gasteiger partial charge in [-0.2, -0.15) is 0 Å². The van der Waals surface area contributed by atoms with Gasteiger partial charge in [0, 0.05) is 65.8 Å². The Morgan fingerprint density at radius 1 is 0.867 bits per heavy atom. The van der Waals surface area contributed by atoms with Gasteiger partial charge in [0.25, 0.3) is 0 Å². The Kier molecular flexibility index (Phi) is 18.6. The topological polar surface area (TPSA) is 38.8 Å². The van der Waals surface area contributed by atoms with E-state index in [1.165, 1.54) is 37.9 Å². The number of hydrogen-bond donors (Lipinski definition) is 1. The van der Waals surface area contributed by atoms with Gasteiger partial charge >= 0.3 is 0 Å². The highest BCUT2D eigenvalue weighted by molar-refractivity contribution is 5.73. The number of carbonyl (C=O) groups is 1. The van der Waals surface area contributed by atoms with Crippen LogP contribution in [-0.2, 0) is 11.3 Å². The van der Waals surface area contributed by atoms with E-state index in [1.54, 1.807) is 6.92 Å². The Labute approximate surface area is 186 Å². The van der Waals surface area contributed by atoms with Crippen LogP contribution in [0.15, 0.2) is 30.3 Å². The molecule has 30 heavy (non-hydrogen) atoms. The van der Waals surface area contributed by atoms with Crippen LogP contribution in [0.2, 0.25) is 0 Å². The van der Waals surface area contributed by atoms with Crippen LogP contribution >= 0.6 is 0 Å². The minimum atomic E-state index is 0.202. The Balaban J connectivity index is 0.000000439. The number of likely N-dealkylation sites (N-methyl/N-ethyl adjacent to an activating group) is 1. The van der Waals surface area contributed by atoms with E-state index in [0.717, 1.165) is 45.8 Å². The van der Waals surface area contributed by atoms with E-state index in [4.69, 9.17) is 0 Å². The van der Waals surface area contributed by atoms with Crippen molar-refractivity contribution in [2.24, 2.45) is 0 Å². The Bertz CT molecular complexity index is 493. The zero-order valence-corrected chi connectivity index (χ0v) is 20.6. The van der Waals surface area contributed by atoms with Crippen molar-refractivity contribution < 1.29 is 4.79 Å². The van der Waals surface area contributed by atoms with Crippen molar-refractivity contribution in [1.29, 1.82) is 0 Å². The first kappa shape index (κ1) is 28.6. The predicted molar refractivity (Wildman–Crippen MR) is 131 cm³/mol. The molecule has 0 spiro atoms. The molecule has 0 atom stereocenters. The van der Waals surface area contributed by atoms with Gasteiger partial charge in [0.05, 0.1) is 0 Å². The molecule has 0 unspecified atom stereocenters. The molecule has 2 aliphatic heterocycles. The van der Waals surface area contributed by atoms with Crippen LogP contribution in [0, 0.1) is 0 Å². The summed E-state index contributed by atoms with van der Waals surface area (Å²) >= 11 is 0. The largest absolute Gasteiger partial charge is 0.340 e. The lowest BCUT2D eigenvalue weighted by Gasteiger charge is -2.31. The first-order valence-corrected chi connectivity index (χ1v) is 11.9. The summed E-state index contributed by atoms with van der Waals surface area (Å²) in [6.07, 6.45) is 3.89. The SMILES string of the molecule is CC(=O)N1CCN(C)CC1.CCC.CCCC.c1ccc(CN2CCNCC2)cc1. The third-order valence-electron chi connectivity index (χ3n) is 4.91. The summed E-state index contributed by atoms with van der Waals surface area (Å²) in [5, 5.41) is 3.36. The van der Waals surface area contributed by atoms with Crippen molar-refractivity contribution in [2.75, 3.05) is 59.4 Å². The molecule has 5 heteroatoms. The summed E-state index contributed by atoms with van der Waals surface area (Å²) in [6, 6.07) is 10.7. The molecule has 3 rings (SSSR count). The van der Waals surface area contributed by atoms with Gasteiger partial charge in [0.2, 0.25) is 5.91 Å². The maximum atomic E-state index is 10.8. The summed E-state index contributed by atoms with van der Waals surface area (Å²) in [7, 11) is 2.08. The third-order valence-corrected chi connectivity index (χ3v) is 4.91. The number of piperazine rings is 2. The van der Waals surface area contributed by atoms with Gasteiger partial charge < -0.3 is 15.1 Å². The van der Waals surface area contributed by atoms with Gasteiger partial charge in [-0.05, 0) is 12.6 Å². The number of carbonyl (C=O) groups excluding carboxylic acids is 1. The highest BCUT2D eigenvalue weighted by atomic mass is 16.2. The van der Waals surface area contributed by atoms with Crippen molar-refractivity contribution >= 4 is 5.91 Å². The lowest BCUT2D eigenvalue weighted by Crippen LogP contribution is -2.46. The third kappa shape index (κ3) is 15.4. The second kappa shape index (κ2) is 19.5. The number of nitrogens with one attached hydrogen (secondary N) is 1. The maximum Gasteiger partial charge on any atom is 0.219 e. The second-order valence-corrected chi connectivity index (χ2v) is 8.03. The average molecular weight is 421 g/mol. The fourth-order valence-electron chi connectivity index (χ4n) is 2.83. The normalized spacial score (nSPS) is 16.8. The summed E-state index contributed by atoms with van der Waals surface area (Å²) in [6.45, 7) is 19.8. The molecule has 2 fully saturated rings. The molecular formula is C25H48N4O. The van der Waals surface area contributed by atoms with Gasteiger partial charge in [0.15, 0.2) is 0 Å². The fourth-order valence-corrected chi connectivity index (χ4v) is 2.83. The van der Waals surface area contributed by atoms with Gasteiger partial charge in [0.1, 0.15) is 0 Å². The molecule has 0 bridgehead atoms.